The third kappa shape index (κ3) is 1.81. The van der Waals surface area contributed by atoms with Gasteiger partial charge in [0.25, 0.3) is 0 Å². The lowest BCUT2D eigenvalue weighted by molar-refractivity contribution is -0.386. The number of halogens is 4. The molecule has 1 aliphatic rings. The molecular weight excluding hydrogens is 154 g/mol. The first-order valence-electron chi connectivity index (χ1n) is 2.58. The average molecular weight is 159 g/mol. The minimum absolute atomic E-state index is 0.859. The summed E-state index contributed by atoms with van der Waals surface area (Å²) in [5.41, 5.74) is 0. The van der Waals surface area contributed by atoms with E-state index in [1.165, 1.54) is 0 Å². The zero-order valence-electron chi connectivity index (χ0n) is 4.83. The first kappa shape index (κ1) is 7.74. The molecular formula is C4H5F4NO. The van der Waals surface area contributed by atoms with E-state index in [4.69, 9.17) is 0 Å². The van der Waals surface area contributed by atoms with Crippen LogP contribution in [0.25, 0.3) is 0 Å². The number of rotatable bonds is 0. The van der Waals surface area contributed by atoms with Gasteiger partial charge in [-0.05, 0) is 0 Å². The van der Waals surface area contributed by atoms with Crippen molar-refractivity contribution in [2.24, 2.45) is 0 Å². The van der Waals surface area contributed by atoms with Crippen LogP contribution in [0.1, 0.15) is 0 Å². The van der Waals surface area contributed by atoms with E-state index in [0.717, 1.165) is 0 Å². The fourth-order valence-electron chi connectivity index (χ4n) is 0.644. The van der Waals surface area contributed by atoms with Gasteiger partial charge in [-0.25, -0.2) is 0 Å². The standard InChI is InChI=1S/C4H5F4NO/c5-3(6)1-9-2-4(7,8)10-3/h9H,1-2H2. The second kappa shape index (κ2) is 2.06. The summed E-state index contributed by atoms with van der Waals surface area (Å²) >= 11 is 0. The molecule has 0 aliphatic carbocycles. The molecule has 1 saturated heterocycles. The highest BCUT2D eigenvalue weighted by Crippen LogP contribution is 2.28. The van der Waals surface area contributed by atoms with Crippen molar-refractivity contribution in [2.45, 2.75) is 12.2 Å². The molecule has 0 radical (unpaired) electrons. The van der Waals surface area contributed by atoms with Crippen molar-refractivity contribution in [3.05, 3.63) is 0 Å². The Kier molecular flexibility index (Phi) is 1.60. The van der Waals surface area contributed by atoms with Crippen LogP contribution in [0.4, 0.5) is 17.6 Å². The molecule has 1 heterocycles. The third-order valence-electron chi connectivity index (χ3n) is 0.960. The Balaban J connectivity index is 2.56. The van der Waals surface area contributed by atoms with Gasteiger partial charge in [0, 0.05) is 0 Å². The SMILES string of the molecule is FC1(F)CNCC(F)(F)O1. The number of alkyl halides is 4. The van der Waals surface area contributed by atoms with Crippen molar-refractivity contribution < 1.29 is 22.3 Å². The van der Waals surface area contributed by atoms with Crippen molar-refractivity contribution in [3.63, 3.8) is 0 Å². The number of ether oxygens (including phenoxy) is 1. The monoisotopic (exact) mass is 159 g/mol. The molecule has 0 spiro atoms. The van der Waals surface area contributed by atoms with Gasteiger partial charge in [0.1, 0.15) is 0 Å². The molecule has 1 rings (SSSR count). The van der Waals surface area contributed by atoms with E-state index in [1.807, 2.05) is 5.32 Å². The van der Waals surface area contributed by atoms with Crippen LogP contribution >= 0.6 is 0 Å². The van der Waals surface area contributed by atoms with Gasteiger partial charge in [0.05, 0.1) is 13.1 Å². The Hall–Kier alpha value is -0.360. The van der Waals surface area contributed by atoms with E-state index in [-0.39, 0.29) is 0 Å². The van der Waals surface area contributed by atoms with Gasteiger partial charge >= 0.3 is 12.2 Å². The molecule has 1 fully saturated rings. The van der Waals surface area contributed by atoms with E-state index in [1.54, 1.807) is 0 Å². The summed E-state index contributed by atoms with van der Waals surface area (Å²) in [6.45, 7) is -1.72. The molecule has 60 valence electrons. The van der Waals surface area contributed by atoms with E-state index in [9.17, 15) is 17.6 Å². The predicted molar refractivity (Wildman–Crippen MR) is 23.8 cm³/mol. The molecule has 2 nitrogen and oxygen atoms in total. The van der Waals surface area contributed by atoms with Gasteiger partial charge in [0.2, 0.25) is 0 Å². The third-order valence-corrected chi connectivity index (χ3v) is 0.960. The predicted octanol–water partition coefficient (Wildman–Crippen LogP) is 0.792. The zero-order valence-corrected chi connectivity index (χ0v) is 4.83. The van der Waals surface area contributed by atoms with Crippen molar-refractivity contribution in [3.8, 4) is 0 Å². The minimum atomic E-state index is -3.75. The van der Waals surface area contributed by atoms with E-state index in [2.05, 4.69) is 4.74 Å². The maximum atomic E-state index is 11.9. The molecule has 1 N–H and O–H groups in total. The van der Waals surface area contributed by atoms with Crippen molar-refractivity contribution in [1.82, 2.24) is 5.32 Å². The molecule has 0 aromatic heterocycles. The summed E-state index contributed by atoms with van der Waals surface area (Å²) in [6.07, 6.45) is -7.50. The van der Waals surface area contributed by atoms with Gasteiger partial charge < -0.3 is 5.32 Å². The second-order valence-electron chi connectivity index (χ2n) is 1.98. The summed E-state index contributed by atoms with van der Waals surface area (Å²) in [5.74, 6) is 0. The average Bonchev–Trinajstić information content (AvgIpc) is 1.56. The van der Waals surface area contributed by atoms with Gasteiger partial charge in [-0.15, -0.1) is 0 Å². The molecule has 6 heteroatoms. The van der Waals surface area contributed by atoms with E-state index < -0.39 is 25.3 Å². The highest BCUT2D eigenvalue weighted by Gasteiger charge is 2.47. The summed E-state index contributed by atoms with van der Waals surface area (Å²) in [7, 11) is 0. The lowest BCUT2D eigenvalue weighted by Crippen LogP contribution is -2.52. The Morgan fingerprint density at radius 3 is 1.60 bits per heavy atom. The molecule has 0 amide bonds. The summed E-state index contributed by atoms with van der Waals surface area (Å²) in [5, 5.41) is 1.84. The summed E-state index contributed by atoms with van der Waals surface area (Å²) in [4.78, 5) is 0. The molecule has 10 heavy (non-hydrogen) atoms. The lowest BCUT2D eigenvalue weighted by atomic mass is 10.4. The summed E-state index contributed by atoms with van der Waals surface area (Å²) in [6, 6.07) is 0. The Bertz CT molecular complexity index is 123. The first-order chi connectivity index (χ1) is 4.41. The molecule has 0 aromatic rings. The maximum Gasteiger partial charge on any atom is 0.372 e. The Morgan fingerprint density at radius 2 is 1.40 bits per heavy atom. The Labute approximate surface area is 54.2 Å². The number of morpholine rings is 1. The fourth-order valence-corrected chi connectivity index (χ4v) is 0.644. The van der Waals surface area contributed by atoms with Crippen LogP contribution in [0.5, 0.6) is 0 Å². The van der Waals surface area contributed by atoms with Crippen molar-refractivity contribution in [1.29, 1.82) is 0 Å². The number of hydrogen-bond donors (Lipinski definition) is 1. The molecule has 0 atom stereocenters. The lowest BCUT2D eigenvalue weighted by Gasteiger charge is -2.29. The maximum absolute atomic E-state index is 11.9. The zero-order chi connectivity index (χ0) is 7.83. The number of hydrogen-bond acceptors (Lipinski definition) is 2. The van der Waals surface area contributed by atoms with Crippen LogP contribution in [-0.4, -0.2) is 25.3 Å². The Morgan fingerprint density at radius 1 is 1.00 bits per heavy atom. The molecule has 0 bridgehead atoms. The second-order valence-corrected chi connectivity index (χ2v) is 1.98. The highest BCUT2D eigenvalue weighted by atomic mass is 19.3. The quantitative estimate of drug-likeness (QED) is 0.527. The highest BCUT2D eigenvalue weighted by molar-refractivity contribution is 4.71. The van der Waals surface area contributed by atoms with Crippen molar-refractivity contribution >= 4 is 0 Å². The smallest absolute Gasteiger partial charge is 0.301 e. The molecule has 1 aliphatic heterocycles. The molecule has 0 saturated carbocycles. The van der Waals surface area contributed by atoms with Gasteiger partial charge in [0.15, 0.2) is 0 Å². The topological polar surface area (TPSA) is 21.3 Å². The number of nitrogens with one attached hydrogen (secondary N) is 1. The first-order valence-corrected chi connectivity index (χ1v) is 2.58. The van der Waals surface area contributed by atoms with Gasteiger partial charge in [-0.1, -0.05) is 0 Å². The minimum Gasteiger partial charge on any atom is -0.301 e. The normalized spacial score (nSPS) is 30.0. The van der Waals surface area contributed by atoms with Crippen LogP contribution in [0.3, 0.4) is 0 Å². The van der Waals surface area contributed by atoms with Crippen LogP contribution in [0.2, 0.25) is 0 Å². The van der Waals surface area contributed by atoms with Crippen LogP contribution in [0.15, 0.2) is 0 Å². The van der Waals surface area contributed by atoms with Gasteiger partial charge in [-0.3, -0.25) is 4.74 Å². The van der Waals surface area contributed by atoms with E-state index in [0.29, 0.717) is 0 Å². The fraction of sp³-hybridized carbons (Fsp3) is 1.00. The van der Waals surface area contributed by atoms with Crippen LogP contribution in [0, 0.1) is 0 Å². The van der Waals surface area contributed by atoms with Crippen LogP contribution < -0.4 is 5.32 Å². The van der Waals surface area contributed by atoms with E-state index >= 15 is 0 Å². The largest absolute Gasteiger partial charge is 0.372 e. The molecule has 0 unspecified atom stereocenters. The molecule has 0 aromatic carbocycles. The van der Waals surface area contributed by atoms with Gasteiger partial charge in [-0.2, -0.15) is 17.6 Å². The van der Waals surface area contributed by atoms with Crippen LogP contribution in [-0.2, 0) is 4.74 Å². The van der Waals surface area contributed by atoms with Crippen molar-refractivity contribution in [2.75, 3.05) is 13.1 Å². The summed E-state index contributed by atoms with van der Waals surface area (Å²) < 4.78 is 50.9.